The maximum Gasteiger partial charge on any atom is 0.433 e. The van der Waals surface area contributed by atoms with Crippen molar-refractivity contribution in [3.05, 3.63) is 18.0 Å². The van der Waals surface area contributed by atoms with Gasteiger partial charge < -0.3 is 10.2 Å². The van der Waals surface area contributed by atoms with Crippen LogP contribution in [-0.2, 0) is 6.18 Å². The summed E-state index contributed by atoms with van der Waals surface area (Å²) in [6.07, 6.45) is 0.353. The van der Waals surface area contributed by atoms with E-state index in [9.17, 15) is 13.2 Å². The van der Waals surface area contributed by atoms with E-state index in [0.717, 1.165) is 31.9 Å². The van der Waals surface area contributed by atoms with Crippen LogP contribution in [0.15, 0.2) is 12.3 Å². The third-order valence-corrected chi connectivity index (χ3v) is 3.11. The van der Waals surface area contributed by atoms with Gasteiger partial charge in [0, 0.05) is 19.3 Å². The molecule has 0 aromatic carbocycles. The second-order valence-electron chi connectivity index (χ2n) is 4.59. The summed E-state index contributed by atoms with van der Waals surface area (Å²) in [6.45, 7) is 3.48. The number of likely N-dealkylation sites (tertiary alicyclic amines) is 1. The van der Waals surface area contributed by atoms with Gasteiger partial charge in [0.25, 0.3) is 0 Å². The molecule has 0 saturated carbocycles. The number of rotatable bonds is 4. The van der Waals surface area contributed by atoms with Crippen LogP contribution in [0.4, 0.5) is 19.1 Å². The topological polar surface area (TPSA) is 41.1 Å². The molecule has 7 heteroatoms. The minimum absolute atomic E-state index is 0.0341. The first-order chi connectivity index (χ1) is 9.05. The van der Waals surface area contributed by atoms with Gasteiger partial charge >= 0.3 is 6.18 Å². The summed E-state index contributed by atoms with van der Waals surface area (Å²) in [4.78, 5) is 9.55. The van der Waals surface area contributed by atoms with Crippen LogP contribution >= 0.6 is 0 Å². The molecule has 1 aromatic heterocycles. The van der Waals surface area contributed by atoms with Crippen molar-refractivity contribution in [2.75, 3.05) is 31.5 Å². The van der Waals surface area contributed by atoms with Crippen LogP contribution in [0.3, 0.4) is 0 Å². The zero-order valence-corrected chi connectivity index (χ0v) is 10.6. The van der Waals surface area contributed by atoms with Crippen LogP contribution in [-0.4, -0.2) is 41.0 Å². The van der Waals surface area contributed by atoms with E-state index < -0.39 is 11.9 Å². The van der Waals surface area contributed by atoms with Crippen molar-refractivity contribution in [1.29, 1.82) is 0 Å². The fraction of sp³-hybridized carbons (Fsp3) is 0.667. The van der Waals surface area contributed by atoms with Crippen molar-refractivity contribution in [2.45, 2.75) is 25.4 Å². The smallest absolute Gasteiger partial charge is 0.353 e. The molecule has 1 N–H and O–H groups in total. The van der Waals surface area contributed by atoms with E-state index in [2.05, 4.69) is 20.2 Å². The zero-order chi connectivity index (χ0) is 13.7. The Morgan fingerprint density at radius 1 is 1.21 bits per heavy atom. The summed E-state index contributed by atoms with van der Waals surface area (Å²) < 4.78 is 37.4. The minimum atomic E-state index is -4.42. The first-order valence-corrected chi connectivity index (χ1v) is 6.42. The van der Waals surface area contributed by atoms with E-state index in [1.165, 1.54) is 19.3 Å². The van der Waals surface area contributed by atoms with E-state index in [-0.39, 0.29) is 5.95 Å². The second kappa shape index (κ2) is 6.18. The maximum atomic E-state index is 12.5. The van der Waals surface area contributed by atoms with Crippen molar-refractivity contribution >= 4 is 5.95 Å². The Kier molecular flexibility index (Phi) is 4.57. The third kappa shape index (κ3) is 4.34. The van der Waals surface area contributed by atoms with Crippen LogP contribution in [0.2, 0.25) is 0 Å². The molecule has 0 unspecified atom stereocenters. The number of hydrogen-bond donors (Lipinski definition) is 1. The van der Waals surface area contributed by atoms with Gasteiger partial charge in [-0.2, -0.15) is 13.2 Å². The Hall–Kier alpha value is -1.37. The van der Waals surface area contributed by atoms with Gasteiger partial charge in [0.2, 0.25) is 5.95 Å². The van der Waals surface area contributed by atoms with Gasteiger partial charge in [0.1, 0.15) is 5.69 Å². The molecule has 0 spiro atoms. The molecule has 0 radical (unpaired) electrons. The Morgan fingerprint density at radius 3 is 2.63 bits per heavy atom. The minimum Gasteiger partial charge on any atom is -0.353 e. The number of halogens is 3. The van der Waals surface area contributed by atoms with Gasteiger partial charge in [-0.05, 0) is 32.0 Å². The van der Waals surface area contributed by atoms with E-state index in [0.29, 0.717) is 6.54 Å². The zero-order valence-electron chi connectivity index (χ0n) is 10.6. The van der Waals surface area contributed by atoms with E-state index in [1.54, 1.807) is 0 Å². The summed E-state index contributed by atoms with van der Waals surface area (Å²) in [7, 11) is 0. The molecule has 0 atom stereocenters. The van der Waals surface area contributed by atoms with Crippen molar-refractivity contribution in [2.24, 2.45) is 0 Å². The van der Waals surface area contributed by atoms with E-state index >= 15 is 0 Å². The van der Waals surface area contributed by atoms with Crippen LogP contribution in [0.5, 0.6) is 0 Å². The summed E-state index contributed by atoms with van der Waals surface area (Å²) in [5.41, 5.74) is -0.914. The molecule has 4 nitrogen and oxygen atoms in total. The van der Waals surface area contributed by atoms with Gasteiger partial charge in [0.15, 0.2) is 0 Å². The fourth-order valence-electron chi connectivity index (χ4n) is 2.11. The molecular formula is C12H17F3N4. The fourth-order valence-corrected chi connectivity index (χ4v) is 2.11. The highest BCUT2D eigenvalue weighted by molar-refractivity contribution is 5.25. The lowest BCUT2D eigenvalue weighted by Crippen LogP contribution is -2.34. The Morgan fingerprint density at radius 2 is 1.95 bits per heavy atom. The van der Waals surface area contributed by atoms with Crippen LogP contribution in [0.25, 0.3) is 0 Å². The number of anilines is 1. The van der Waals surface area contributed by atoms with Crippen LogP contribution < -0.4 is 5.32 Å². The molecule has 19 heavy (non-hydrogen) atoms. The molecule has 1 saturated heterocycles. The quantitative estimate of drug-likeness (QED) is 0.915. The van der Waals surface area contributed by atoms with Gasteiger partial charge in [-0.3, -0.25) is 0 Å². The number of alkyl halides is 3. The average Bonchev–Trinajstić information content (AvgIpc) is 2.39. The highest BCUT2D eigenvalue weighted by atomic mass is 19.4. The highest BCUT2D eigenvalue weighted by Gasteiger charge is 2.32. The molecule has 2 rings (SSSR count). The van der Waals surface area contributed by atoms with Crippen molar-refractivity contribution < 1.29 is 13.2 Å². The molecule has 1 aliphatic rings. The lowest BCUT2D eigenvalue weighted by Gasteiger charge is -2.26. The number of nitrogens with zero attached hydrogens (tertiary/aromatic N) is 3. The summed E-state index contributed by atoms with van der Waals surface area (Å²) in [6, 6.07) is 0.871. The largest absolute Gasteiger partial charge is 0.433 e. The van der Waals surface area contributed by atoms with E-state index in [4.69, 9.17) is 0 Å². The summed E-state index contributed by atoms with van der Waals surface area (Å²) >= 11 is 0. The molecule has 0 bridgehead atoms. The van der Waals surface area contributed by atoms with Crippen molar-refractivity contribution in [3.63, 3.8) is 0 Å². The van der Waals surface area contributed by atoms with Gasteiger partial charge in [0.05, 0.1) is 0 Å². The van der Waals surface area contributed by atoms with Crippen molar-refractivity contribution in [1.82, 2.24) is 14.9 Å². The molecule has 2 heterocycles. The summed E-state index contributed by atoms with van der Waals surface area (Å²) in [5.74, 6) is 0.0341. The molecule has 106 valence electrons. The number of piperidine rings is 1. The number of hydrogen-bond acceptors (Lipinski definition) is 4. The molecule has 1 fully saturated rings. The van der Waals surface area contributed by atoms with Gasteiger partial charge in [-0.1, -0.05) is 6.42 Å². The Balaban J connectivity index is 1.82. The Labute approximate surface area is 110 Å². The molecule has 0 aliphatic carbocycles. The Bertz CT molecular complexity index is 402. The lowest BCUT2D eigenvalue weighted by molar-refractivity contribution is -0.141. The lowest BCUT2D eigenvalue weighted by atomic mass is 10.1. The predicted octanol–water partition coefficient (Wildman–Crippen LogP) is 2.39. The highest BCUT2D eigenvalue weighted by Crippen LogP contribution is 2.27. The number of aromatic nitrogens is 2. The SMILES string of the molecule is FC(F)(F)c1ccnc(NCCN2CCCCC2)n1. The first kappa shape index (κ1) is 14.0. The second-order valence-corrected chi connectivity index (χ2v) is 4.59. The normalized spacial score (nSPS) is 17.4. The van der Waals surface area contributed by atoms with Crippen molar-refractivity contribution in [3.8, 4) is 0 Å². The predicted molar refractivity (Wildman–Crippen MR) is 65.8 cm³/mol. The van der Waals surface area contributed by atoms with E-state index in [1.807, 2.05) is 0 Å². The third-order valence-electron chi connectivity index (χ3n) is 3.11. The monoisotopic (exact) mass is 274 g/mol. The average molecular weight is 274 g/mol. The maximum absolute atomic E-state index is 12.5. The molecule has 1 aliphatic heterocycles. The molecular weight excluding hydrogens is 257 g/mol. The molecule has 1 aromatic rings. The number of nitrogens with one attached hydrogen (secondary N) is 1. The van der Waals surface area contributed by atoms with Crippen LogP contribution in [0, 0.1) is 0 Å². The van der Waals surface area contributed by atoms with Crippen LogP contribution in [0.1, 0.15) is 25.0 Å². The van der Waals surface area contributed by atoms with Gasteiger partial charge in [-0.25, -0.2) is 9.97 Å². The standard InChI is InChI=1S/C12H17F3N4/c13-12(14,15)10-4-5-16-11(18-10)17-6-9-19-7-2-1-3-8-19/h4-5H,1-3,6-9H2,(H,16,17,18). The summed E-state index contributed by atoms with van der Waals surface area (Å²) in [5, 5.41) is 2.84. The molecule has 0 amide bonds. The van der Waals surface area contributed by atoms with Gasteiger partial charge in [-0.15, -0.1) is 0 Å². The first-order valence-electron chi connectivity index (χ1n) is 6.42.